The van der Waals surface area contributed by atoms with Crippen LogP contribution >= 0.6 is 11.8 Å². The largest absolute Gasteiger partial charge is 0.286 e. The lowest BCUT2D eigenvalue weighted by atomic mass is 10.2. The van der Waals surface area contributed by atoms with Gasteiger partial charge in [0.2, 0.25) is 0 Å². The third-order valence-corrected chi connectivity index (χ3v) is 7.33. The van der Waals surface area contributed by atoms with Gasteiger partial charge < -0.3 is 0 Å². The number of rotatable bonds is 5. The van der Waals surface area contributed by atoms with Gasteiger partial charge in [0.25, 0.3) is 15.9 Å². The van der Waals surface area contributed by atoms with E-state index >= 15 is 0 Å². The second-order valence-corrected chi connectivity index (χ2v) is 9.55. The molecule has 0 radical (unpaired) electrons. The van der Waals surface area contributed by atoms with Crippen molar-refractivity contribution in [3.63, 3.8) is 0 Å². The first-order chi connectivity index (χ1) is 14.9. The summed E-state index contributed by atoms with van der Waals surface area (Å²) in [6, 6.07) is 18.1. The summed E-state index contributed by atoms with van der Waals surface area (Å²) in [5.41, 5.74) is 2.50. The number of amidine groups is 1. The number of fused-ring (bicyclic) bond motifs is 1. The molecule has 0 unspecified atom stereocenters. The zero-order valence-electron chi connectivity index (χ0n) is 17.1. The topological polar surface area (TPSA) is 79.7 Å². The van der Waals surface area contributed by atoms with Gasteiger partial charge in [-0.1, -0.05) is 43.3 Å². The fourth-order valence-electron chi connectivity index (χ4n) is 3.20. The van der Waals surface area contributed by atoms with Crippen LogP contribution in [0.1, 0.15) is 25.1 Å². The van der Waals surface area contributed by atoms with Gasteiger partial charge in [-0.25, -0.2) is 4.98 Å². The SMILES string of the molecule is CCc1ccc(S(=O)(=O)N=C2SC(=Cc3ccc4ccccc4n3)C(=O)N2CC)cc1. The van der Waals surface area contributed by atoms with E-state index in [2.05, 4.69) is 9.38 Å². The first-order valence-electron chi connectivity index (χ1n) is 9.92. The van der Waals surface area contributed by atoms with Crippen molar-refractivity contribution in [3.05, 3.63) is 76.8 Å². The molecule has 1 amide bonds. The highest BCUT2D eigenvalue weighted by Gasteiger charge is 2.34. The average Bonchev–Trinajstić information content (AvgIpc) is 3.06. The second-order valence-electron chi connectivity index (χ2n) is 6.94. The Labute approximate surface area is 185 Å². The van der Waals surface area contributed by atoms with Crippen molar-refractivity contribution in [1.29, 1.82) is 0 Å². The molecule has 1 aliphatic heterocycles. The number of likely N-dealkylation sites (N-methyl/N-ethyl adjacent to an activating group) is 1. The fraction of sp³-hybridized carbons (Fsp3) is 0.174. The highest BCUT2D eigenvalue weighted by Crippen LogP contribution is 2.33. The number of para-hydroxylation sites is 1. The van der Waals surface area contributed by atoms with Crippen LogP contribution in [0.5, 0.6) is 0 Å². The molecule has 1 aromatic heterocycles. The Balaban J connectivity index is 1.67. The maximum absolute atomic E-state index is 12.9. The minimum atomic E-state index is -3.93. The number of amides is 1. The van der Waals surface area contributed by atoms with E-state index in [-0.39, 0.29) is 16.0 Å². The number of sulfonamides is 1. The Morgan fingerprint density at radius 1 is 1.03 bits per heavy atom. The van der Waals surface area contributed by atoms with Gasteiger partial charge in [-0.3, -0.25) is 9.69 Å². The van der Waals surface area contributed by atoms with Crippen molar-refractivity contribution >= 4 is 49.8 Å². The van der Waals surface area contributed by atoms with Crippen LogP contribution in [0.3, 0.4) is 0 Å². The lowest BCUT2D eigenvalue weighted by Gasteiger charge is -2.12. The smallest absolute Gasteiger partial charge is 0.284 e. The molecule has 31 heavy (non-hydrogen) atoms. The number of aryl methyl sites for hydroxylation is 1. The van der Waals surface area contributed by atoms with Crippen molar-refractivity contribution in [2.75, 3.05) is 6.54 Å². The van der Waals surface area contributed by atoms with E-state index < -0.39 is 10.0 Å². The molecule has 0 spiro atoms. The van der Waals surface area contributed by atoms with Crippen LogP contribution in [0, 0.1) is 0 Å². The molecule has 1 aliphatic rings. The van der Waals surface area contributed by atoms with Crippen LogP contribution in [0.4, 0.5) is 0 Å². The fourth-order valence-corrected chi connectivity index (χ4v) is 5.43. The number of nitrogens with zero attached hydrogens (tertiary/aromatic N) is 3. The molecule has 0 N–H and O–H groups in total. The lowest BCUT2D eigenvalue weighted by molar-refractivity contribution is -0.122. The summed E-state index contributed by atoms with van der Waals surface area (Å²) in [6.07, 6.45) is 2.49. The van der Waals surface area contributed by atoms with Crippen LogP contribution in [0.2, 0.25) is 0 Å². The second kappa shape index (κ2) is 8.64. The molecule has 8 heteroatoms. The summed E-state index contributed by atoms with van der Waals surface area (Å²) >= 11 is 1.05. The number of benzene rings is 2. The number of carbonyl (C=O) groups is 1. The molecule has 0 atom stereocenters. The van der Waals surface area contributed by atoms with E-state index in [0.717, 1.165) is 34.6 Å². The standard InChI is InChI=1S/C23H21N3O3S2/c1-3-16-9-13-19(14-10-16)31(28,29)25-23-26(4-2)22(27)21(30-23)15-18-12-11-17-7-5-6-8-20(17)24-18/h5-15H,3-4H2,1-2H3. The zero-order valence-corrected chi connectivity index (χ0v) is 18.8. The molecule has 1 saturated heterocycles. The maximum atomic E-state index is 12.9. The quantitative estimate of drug-likeness (QED) is 0.535. The predicted octanol–water partition coefficient (Wildman–Crippen LogP) is 4.48. The predicted molar refractivity (Wildman–Crippen MR) is 125 cm³/mol. The summed E-state index contributed by atoms with van der Waals surface area (Å²) in [7, 11) is -3.93. The van der Waals surface area contributed by atoms with Gasteiger partial charge in [0, 0.05) is 11.9 Å². The van der Waals surface area contributed by atoms with Gasteiger partial charge in [-0.2, -0.15) is 8.42 Å². The molecule has 158 valence electrons. The summed E-state index contributed by atoms with van der Waals surface area (Å²) < 4.78 is 29.6. The third-order valence-electron chi connectivity index (χ3n) is 4.93. The van der Waals surface area contributed by atoms with E-state index in [9.17, 15) is 13.2 Å². The summed E-state index contributed by atoms with van der Waals surface area (Å²) in [4.78, 5) is 19.3. The van der Waals surface area contributed by atoms with Crippen molar-refractivity contribution in [1.82, 2.24) is 9.88 Å². The Morgan fingerprint density at radius 3 is 2.48 bits per heavy atom. The van der Waals surface area contributed by atoms with Gasteiger partial charge in [0.1, 0.15) is 0 Å². The molecular weight excluding hydrogens is 430 g/mol. The maximum Gasteiger partial charge on any atom is 0.284 e. The van der Waals surface area contributed by atoms with E-state index in [1.807, 2.05) is 43.3 Å². The molecule has 2 heterocycles. The van der Waals surface area contributed by atoms with Gasteiger partial charge in [-0.05, 0) is 61.0 Å². The number of carbonyl (C=O) groups excluding carboxylic acids is 1. The van der Waals surface area contributed by atoms with Gasteiger partial charge >= 0.3 is 0 Å². The normalized spacial score (nSPS) is 17.2. The van der Waals surface area contributed by atoms with E-state index in [1.165, 1.54) is 4.90 Å². The minimum Gasteiger partial charge on any atom is -0.286 e. The van der Waals surface area contributed by atoms with Crippen molar-refractivity contribution in [2.24, 2.45) is 4.40 Å². The monoisotopic (exact) mass is 451 g/mol. The Bertz CT molecular complexity index is 1310. The third kappa shape index (κ3) is 4.40. The summed E-state index contributed by atoms with van der Waals surface area (Å²) in [5.74, 6) is -0.280. The van der Waals surface area contributed by atoms with E-state index in [1.54, 1.807) is 37.3 Å². The van der Waals surface area contributed by atoms with Crippen LogP contribution in [0.25, 0.3) is 17.0 Å². The van der Waals surface area contributed by atoms with Crippen LogP contribution < -0.4 is 0 Å². The summed E-state index contributed by atoms with van der Waals surface area (Å²) in [6.45, 7) is 4.10. The molecule has 1 fully saturated rings. The molecule has 3 aromatic rings. The molecular formula is C23H21N3O3S2. The Morgan fingerprint density at radius 2 is 1.77 bits per heavy atom. The highest BCUT2D eigenvalue weighted by atomic mass is 32.2. The van der Waals surface area contributed by atoms with Crippen LogP contribution in [0.15, 0.2) is 74.9 Å². The lowest BCUT2D eigenvalue weighted by Crippen LogP contribution is -2.29. The van der Waals surface area contributed by atoms with Crippen molar-refractivity contribution in [3.8, 4) is 0 Å². The number of pyridine rings is 1. The molecule has 2 aromatic carbocycles. The number of aromatic nitrogens is 1. The van der Waals surface area contributed by atoms with E-state index in [4.69, 9.17) is 0 Å². The van der Waals surface area contributed by atoms with Crippen LogP contribution in [-0.4, -0.2) is 35.9 Å². The Hall–Kier alpha value is -2.97. The molecule has 6 nitrogen and oxygen atoms in total. The summed E-state index contributed by atoms with van der Waals surface area (Å²) in [5, 5.41) is 1.16. The van der Waals surface area contributed by atoms with Crippen molar-refractivity contribution in [2.45, 2.75) is 25.2 Å². The molecule has 4 rings (SSSR count). The molecule has 0 aliphatic carbocycles. The van der Waals surface area contributed by atoms with Gasteiger partial charge in [0.05, 0.1) is 21.0 Å². The number of hydrogen-bond acceptors (Lipinski definition) is 5. The van der Waals surface area contributed by atoms with Gasteiger partial charge in [-0.15, -0.1) is 4.40 Å². The molecule has 0 saturated carbocycles. The first kappa shape index (κ1) is 21.3. The van der Waals surface area contributed by atoms with Gasteiger partial charge in [0.15, 0.2) is 5.17 Å². The Kier molecular flexibility index (Phi) is 5.93. The van der Waals surface area contributed by atoms with Crippen molar-refractivity contribution < 1.29 is 13.2 Å². The average molecular weight is 452 g/mol. The van der Waals surface area contributed by atoms with E-state index in [0.29, 0.717) is 17.1 Å². The van der Waals surface area contributed by atoms with Crippen LogP contribution in [-0.2, 0) is 21.2 Å². The minimum absolute atomic E-state index is 0.106. The zero-order chi connectivity index (χ0) is 22.0. The number of hydrogen-bond donors (Lipinski definition) is 0. The molecule has 0 bridgehead atoms. The number of thioether (sulfide) groups is 1. The first-order valence-corrected chi connectivity index (χ1v) is 12.2. The highest BCUT2D eigenvalue weighted by molar-refractivity contribution is 8.19.